The van der Waals surface area contributed by atoms with Gasteiger partial charge in [0.2, 0.25) is 0 Å². The smallest absolute Gasteiger partial charge is 0.0883 e. The lowest BCUT2D eigenvalue weighted by Gasteiger charge is -2.13. The second kappa shape index (κ2) is 1.99. The molecule has 1 aliphatic heterocycles. The molecular weight excluding hydrogens is 100 g/mol. The fraction of sp³-hybridized carbons (Fsp3) is 0.500. The normalized spacial score (nSPS) is 26.8. The molecule has 0 aliphatic carbocycles. The summed E-state index contributed by atoms with van der Waals surface area (Å²) in [5, 5.41) is 3.07. The van der Waals surface area contributed by atoms with Crippen LogP contribution < -0.4 is 5.32 Å². The summed E-state index contributed by atoms with van der Waals surface area (Å²) in [6, 6.07) is 0.465. The van der Waals surface area contributed by atoms with E-state index >= 15 is 0 Å². The Hall–Kier alpha value is -0.790. The highest BCUT2D eigenvalue weighted by Gasteiger charge is 2.01. The van der Waals surface area contributed by atoms with E-state index < -0.39 is 0 Å². The maximum atomic E-state index is 3.91. The van der Waals surface area contributed by atoms with E-state index in [1.807, 2.05) is 6.20 Å². The molecule has 0 saturated heterocycles. The van der Waals surface area contributed by atoms with Crippen molar-refractivity contribution in [2.24, 2.45) is 4.99 Å². The molecule has 1 N–H and O–H groups in total. The van der Waals surface area contributed by atoms with Gasteiger partial charge in [0.25, 0.3) is 0 Å². The molecule has 0 aromatic rings. The molecule has 0 saturated carbocycles. The first-order valence-corrected chi connectivity index (χ1v) is 2.75. The Morgan fingerprint density at radius 2 is 2.50 bits per heavy atom. The molecule has 2 heteroatoms. The van der Waals surface area contributed by atoms with Gasteiger partial charge in [-0.2, -0.15) is 0 Å². The lowest BCUT2D eigenvalue weighted by Crippen LogP contribution is -2.27. The van der Waals surface area contributed by atoms with Crippen LogP contribution in [0.2, 0.25) is 0 Å². The fourth-order valence-corrected chi connectivity index (χ4v) is 0.553. The van der Waals surface area contributed by atoms with Crippen LogP contribution in [0.15, 0.2) is 16.8 Å². The van der Waals surface area contributed by atoms with Gasteiger partial charge in [-0.1, -0.05) is 0 Å². The minimum atomic E-state index is 0.465. The van der Waals surface area contributed by atoms with E-state index in [0.717, 1.165) is 0 Å². The second-order valence-corrected chi connectivity index (χ2v) is 2.04. The summed E-state index contributed by atoms with van der Waals surface area (Å²) in [4.78, 5) is 3.91. The van der Waals surface area contributed by atoms with E-state index in [0.29, 0.717) is 6.04 Å². The number of hydrogen-bond acceptors (Lipinski definition) is 2. The minimum absolute atomic E-state index is 0.465. The van der Waals surface area contributed by atoms with E-state index in [2.05, 4.69) is 24.2 Å². The van der Waals surface area contributed by atoms with Crippen LogP contribution in [0.25, 0.3) is 0 Å². The van der Waals surface area contributed by atoms with Crippen LogP contribution in [0, 0.1) is 0 Å². The highest BCUT2D eigenvalue weighted by Crippen LogP contribution is 2.01. The van der Waals surface area contributed by atoms with Crippen molar-refractivity contribution in [2.45, 2.75) is 19.9 Å². The number of nitrogens with one attached hydrogen (secondary N) is 1. The molecule has 1 atom stereocenters. The SMILES string of the molecule is CC1=CN=CNC1C. The predicted octanol–water partition coefficient (Wildman–Crippen LogP) is 0.910. The molecule has 0 spiro atoms. The topological polar surface area (TPSA) is 24.4 Å². The van der Waals surface area contributed by atoms with Gasteiger partial charge in [-0.3, -0.25) is 0 Å². The molecule has 0 amide bonds. The van der Waals surface area contributed by atoms with Crippen molar-refractivity contribution < 1.29 is 0 Å². The number of aliphatic imine (C=N–C) groups is 1. The van der Waals surface area contributed by atoms with Gasteiger partial charge < -0.3 is 5.32 Å². The summed E-state index contributed by atoms with van der Waals surface area (Å²) in [7, 11) is 0. The first-order chi connectivity index (χ1) is 3.80. The molecule has 44 valence electrons. The number of hydrogen-bond donors (Lipinski definition) is 1. The predicted molar refractivity (Wildman–Crippen MR) is 34.8 cm³/mol. The second-order valence-electron chi connectivity index (χ2n) is 2.04. The van der Waals surface area contributed by atoms with Gasteiger partial charge in [0, 0.05) is 12.2 Å². The van der Waals surface area contributed by atoms with Gasteiger partial charge in [-0.25, -0.2) is 4.99 Å². The van der Waals surface area contributed by atoms with Crippen LogP contribution in [0.1, 0.15) is 13.8 Å². The molecule has 0 radical (unpaired) electrons. The van der Waals surface area contributed by atoms with Crippen molar-refractivity contribution in [3.63, 3.8) is 0 Å². The Bertz CT molecular complexity index is 135. The first-order valence-electron chi connectivity index (χ1n) is 2.75. The maximum absolute atomic E-state index is 3.91. The van der Waals surface area contributed by atoms with Gasteiger partial charge in [-0.15, -0.1) is 0 Å². The third kappa shape index (κ3) is 0.886. The number of rotatable bonds is 0. The summed E-state index contributed by atoms with van der Waals surface area (Å²) in [5.41, 5.74) is 1.28. The Morgan fingerprint density at radius 1 is 1.75 bits per heavy atom. The van der Waals surface area contributed by atoms with Crippen LogP contribution >= 0.6 is 0 Å². The standard InChI is InChI=1S/C6H10N2/c1-5-3-7-4-8-6(5)2/h3-4,6H,1-2H3,(H,7,8). The molecule has 0 bridgehead atoms. The van der Waals surface area contributed by atoms with Crippen molar-refractivity contribution in [1.82, 2.24) is 5.32 Å². The Morgan fingerprint density at radius 3 is 2.88 bits per heavy atom. The lowest BCUT2D eigenvalue weighted by atomic mass is 10.1. The van der Waals surface area contributed by atoms with Crippen LogP contribution in [0.4, 0.5) is 0 Å². The maximum Gasteiger partial charge on any atom is 0.0883 e. The van der Waals surface area contributed by atoms with Crippen LogP contribution in [0.5, 0.6) is 0 Å². The van der Waals surface area contributed by atoms with Crippen molar-refractivity contribution in [3.8, 4) is 0 Å². The Kier molecular flexibility index (Phi) is 1.33. The minimum Gasteiger partial charge on any atom is -0.370 e. The molecule has 2 nitrogen and oxygen atoms in total. The van der Waals surface area contributed by atoms with Gasteiger partial charge >= 0.3 is 0 Å². The quantitative estimate of drug-likeness (QED) is 0.492. The van der Waals surface area contributed by atoms with Gasteiger partial charge in [0.15, 0.2) is 0 Å². The lowest BCUT2D eigenvalue weighted by molar-refractivity contribution is 0.755. The van der Waals surface area contributed by atoms with Crippen molar-refractivity contribution in [1.29, 1.82) is 0 Å². The van der Waals surface area contributed by atoms with Crippen LogP contribution in [-0.2, 0) is 0 Å². The highest BCUT2D eigenvalue weighted by molar-refractivity contribution is 5.58. The molecular formula is C6H10N2. The van der Waals surface area contributed by atoms with E-state index in [1.165, 1.54) is 5.57 Å². The molecule has 1 rings (SSSR count). The average molecular weight is 110 g/mol. The zero-order chi connectivity index (χ0) is 5.98. The van der Waals surface area contributed by atoms with Gasteiger partial charge in [0.1, 0.15) is 0 Å². The summed E-state index contributed by atoms with van der Waals surface area (Å²) >= 11 is 0. The third-order valence-electron chi connectivity index (χ3n) is 1.36. The molecule has 1 heterocycles. The summed E-state index contributed by atoms with van der Waals surface area (Å²) in [6.07, 6.45) is 3.60. The summed E-state index contributed by atoms with van der Waals surface area (Å²) in [5.74, 6) is 0. The molecule has 0 aromatic carbocycles. The van der Waals surface area contributed by atoms with Crippen LogP contribution in [-0.4, -0.2) is 12.4 Å². The average Bonchev–Trinajstić information content (AvgIpc) is 1.77. The summed E-state index contributed by atoms with van der Waals surface area (Å²) < 4.78 is 0. The molecule has 0 aromatic heterocycles. The Labute approximate surface area is 49.3 Å². The highest BCUT2D eigenvalue weighted by atomic mass is 15.0. The van der Waals surface area contributed by atoms with Crippen molar-refractivity contribution >= 4 is 6.34 Å². The molecule has 8 heavy (non-hydrogen) atoms. The monoisotopic (exact) mass is 110 g/mol. The van der Waals surface area contributed by atoms with E-state index in [4.69, 9.17) is 0 Å². The molecule has 1 aliphatic rings. The van der Waals surface area contributed by atoms with Gasteiger partial charge in [0.05, 0.1) is 6.34 Å². The zero-order valence-corrected chi connectivity index (χ0v) is 5.18. The first kappa shape index (κ1) is 5.35. The number of nitrogens with zero attached hydrogens (tertiary/aromatic N) is 1. The molecule has 0 fully saturated rings. The zero-order valence-electron chi connectivity index (χ0n) is 5.18. The fourth-order valence-electron chi connectivity index (χ4n) is 0.553. The largest absolute Gasteiger partial charge is 0.370 e. The Balaban J connectivity index is 2.66. The van der Waals surface area contributed by atoms with Crippen molar-refractivity contribution in [2.75, 3.05) is 0 Å². The van der Waals surface area contributed by atoms with Gasteiger partial charge in [-0.05, 0) is 19.4 Å². The van der Waals surface area contributed by atoms with Crippen LogP contribution in [0.3, 0.4) is 0 Å². The third-order valence-corrected chi connectivity index (χ3v) is 1.36. The summed E-state index contributed by atoms with van der Waals surface area (Å²) in [6.45, 7) is 4.17. The molecule has 1 unspecified atom stereocenters. The van der Waals surface area contributed by atoms with E-state index in [1.54, 1.807) is 6.34 Å². The van der Waals surface area contributed by atoms with E-state index in [-0.39, 0.29) is 0 Å². The van der Waals surface area contributed by atoms with Crippen molar-refractivity contribution in [3.05, 3.63) is 11.8 Å². The van der Waals surface area contributed by atoms with E-state index in [9.17, 15) is 0 Å².